The fourth-order valence-electron chi connectivity index (χ4n) is 2.37. The molecule has 2 aromatic carbocycles. The Morgan fingerprint density at radius 3 is 2.73 bits per heavy atom. The van der Waals surface area contributed by atoms with Gasteiger partial charge >= 0.3 is 0 Å². The molecule has 0 atom stereocenters. The van der Waals surface area contributed by atoms with Gasteiger partial charge in [-0.15, -0.1) is 0 Å². The van der Waals surface area contributed by atoms with Crippen molar-refractivity contribution in [2.75, 3.05) is 6.54 Å². The lowest BCUT2D eigenvalue weighted by Crippen LogP contribution is -2.25. The second-order valence-corrected chi connectivity index (χ2v) is 5.98. The summed E-state index contributed by atoms with van der Waals surface area (Å²) >= 11 is 5.90. The van der Waals surface area contributed by atoms with Crippen LogP contribution in [0.4, 0.5) is 4.39 Å². The summed E-state index contributed by atoms with van der Waals surface area (Å²) in [7, 11) is 1.68. The van der Waals surface area contributed by atoms with Crippen LogP contribution in [0.1, 0.15) is 16.1 Å². The van der Waals surface area contributed by atoms with Crippen LogP contribution < -0.4 is 5.32 Å². The summed E-state index contributed by atoms with van der Waals surface area (Å²) in [5, 5.41) is 7.65. The number of aromatic nitrogens is 2. The van der Waals surface area contributed by atoms with E-state index in [2.05, 4.69) is 22.3 Å². The lowest BCUT2D eigenvalue weighted by Gasteiger charge is -2.00. The van der Waals surface area contributed by atoms with Crippen molar-refractivity contribution in [1.29, 1.82) is 0 Å². The van der Waals surface area contributed by atoms with Crippen LogP contribution in [-0.2, 0) is 7.05 Å². The first-order valence-corrected chi connectivity index (χ1v) is 8.23. The van der Waals surface area contributed by atoms with E-state index in [1.54, 1.807) is 37.4 Å². The third-order valence-corrected chi connectivity index (χ3v) is 3.88. The second-order valence-electron chi connectivity index (χ2n) is 5.54. The minimum absolute atomic E-state index is 0.197. The number of nitrogens with zero attached hydrogens (tertiary/aromatic N) is 2. The van der Waals surface area contributed by atoms with Crippen molar-refractivity contribution in [3.63, 3.8) is 0 Å². The van der Waals surface area contributed by atoms with E-state index in [4.69, 9.17) is 11.6 Å². The maximum Gasteiger partial charge on any atom is 0.270 e. The van der Waals surface area contributed by atoms with Crippen molar-refractivity contribution in [2.45, 2.75) is 0 Å². The molecule has 0 radical (unpaired) electrons. The Labute approximate surface area is 155 Å². The molecule has 4 nitrogen and oxygen atoms in total. The van der Waals surface area contributed by atoms with Gasteiger partial charge in [0, 0.05) is 23.2 Å². The number of hydrogen-bond acceptors (Lipinski definition) is 2. The van der Waals surface area contributed by atoms with E-state index in [1.807, 2.05) is 12.1 Å². The van der Waals surface area contributed by atoms with Gasteiger partial charge in [0.15, 0.2) is 0 Å². The topological polar surface area (TPSA) is 46.9 Å². The van der Waals surface area contributed by atoms with Crippen LogP contribution in [0.25, 0.3) is 11.3 Å². The monoisotopic (exact) mass is 367 g/mol. The van der Waals surface area contributed by atoms with E-state index in [1.165, 1.54) is 16.8 Å². The number of hydrogen-bond donors (Lipinski definition) is 1. The molecule has 0 fully saturated rings. The molecule has 26 heavy (non-hydrogen) atoms. The molecule has 0 aliphatic carbocycles. The predicted molar refractivity (Wildman–Crippen MR) is 99.3 cm³/mol. The van der Waals surface area contributed by atoms with Gasteiger partial charge in [-0.2, -0.15) is 5.10 Å². The molecule has 3 aromatic rings. The zero-order valence-corrected chi connectivity index (χ0v) is 14.7. The number of aryl methyl sites for hydroxylation is 1. The molecule has 0 aliphatic rings. The van der Waals surface area contributed by atoms with Crippen molar-refractivity contribution in [3.8, 4) is 23.1 Å². The molecule has 0 aliphatic heterocycles. The largest absolute Gasteiger partial charge is 0.340 e. The quantitative estimate of drug-likeness (QED) is 0.718. The van der Waals surface area contributed by atoms with Crippen LogP contribution in [0.2, 0.25) is 5.02 Å². The number of carbonyl (C=O) groups excluding carboxylic acids is 1. The highest BCUT2D eigenvalue weighted by Crippen LogP contribution is 2.19. The van der Waals surface area contributed by atoms with Crippen LogP contribution in [0.5, 0.6) is 0 Å². The van der Waals surface area contributed by atoms with Gasteiger partial charge in [-0.3, -0.25) is 9.48 Å². The second kappa shape index (κ2) is 7.85. The van der Waals surface area contributed by atoms with Gasteiger partial charge in [0.1, 0.15) is 11.5 Å². The molecule has 0 saturated heterocycles. The number of amides is 1. The fraction of sp³-hybridized carbons (Fsp3) is 0.100. The number of carbonyl (C=O) groups is 1. The van der Waals surface area contributed by atoms with Gasteiger partial charge in [-0.25, -0.2) is 4.39 Å². The van der Waals surface area contributed by atoms with Crippen molar-refractivity contribution in [1.82, 2.24) is 15.1 Å². The molecule has 1 heterocycles. The highest BCUT2D eigenvalue weighted by atomic mass is 35.5. The first-order chi connectivity index (χ1) is 12.5. The summed E-state index contributed by atoms with van der Waals surface area (Å²) in [6.07, 6.45) is 0. The summed E-state index contributed by atoms with van der Waals surface area (Å²) < 4.78 is 14.5. The van der Waals surface area contributed by atoms with Crippen molar-refractivity contribution in [3.05, 3.63) is 76.7 Å². The van der Waals surface area contributed by atoms with Gasteiger partial charge in [-0.05, 0) is 48.5 Å². The first-order valence-electron chi connectivity index (χ1n) is 7.85. The van der Waals surface area contributed by atoms with Gasteiger partial charge in [0.2, 0.25) is 0 Å². The Morgan fingerprint density at radius 1 is 1.23 bits per heavy atom. The molecule has 130 valence electrons. The van der Waals surface area contributed by atoms with Crippen LogP contribution in [0.15, 0.2) is 54.6 Å². The first kappa shape index (κ1) is 17.7. The predicted octanol–water partition coefficient (Wildman–Crippen LogP) is 3.66. The minimum atomic E-state index is -0.319. The smallest absolute Gasteiger partial charge is 0.270 e. The Balaban J connectivity index is 1.66. The number of rotatable bonds is 3. The molecule has 1 amide bonds. The summed E-state index contributed by atoms with van der Waals surface area (Å²) in [6.45, 7) is 0.197. The Hall–Kier alpha value is -3.10. The number of benzene rings is 2. The lowest BCUT2D eigenvalue weighted by atomic mass is 10.1. The third kappa shape index (κ3) is 4.29. The van der Waals surface area contributed by atoms with Crippen molar-refractivity contribution >= 4 is 17.5 Å². The van der Waals surface area contributed by atoms with Crippen LogP contribution in [0.3, 0.4) is 0 Å². The molecular weight excluding hydrogens is 353 g/mol. The molecular formula is C20H15ClFN3O. The number of halogens is 2. The zero-order chi connectivity index (χ0) is 18.5. The van der Waals surface area contributed by atoms with E-state index in [9.17, 15) is 9.18 Å². The molecule has 0 unspecified atom stereocenters. The normalized spacial score (nSPS) is 10.1. The molecule has 6 heteroatoms. The van der Waals surface area contributed by atoms with E-state index < -0.39 is 0 Å². The fourth-order valence-corrected chi connectivity index (χ4v) is 2.56. The highest BCUT2D eigenvalue weighted by molar-refractivity contribution is 6.30. The van der Waals surface area contributed by atoms with E-state index in [-0.39, 0.29) is 18.3 Å². The van der Waals surface area contributed by atoms with Crippen LogP contribution in [0, 0.1) is 17.7 Å². The summed E-state index contributed by atoms with van der Waals surface area (Å²) in [5.74, 6) is 5.22. The summed E-state index contributed by atoms with van der Waals surface area (Å²) in [4.78, 5) is 12.3. The van der Waals surface area contributed by atoms with Crippen molar-refractivity contribution in [2.24, 2.45) is 7.05 Å². The van der Waals surface area contributed by atoms with E-state index in [0.29, 0.717) is 16.4 Å². The standard InChI is InChI=1S/C20H15ClFN3O/c1-25-19(13-18(24-25)15-7-9-17(22)10-8-15)20(26)23-11-3-5-14-4-2-6-16(21)12-14/h2,4,6-10,12-13H,11H2,1H3,(H,23,26). The molecule has 3 rings (SSSR count). The molecule has 0 bridgehead atoms. The highest BCUT2D eigenvalue weighted by Gasteiger charge is 2.13. The van der Waals surface area contributed by atoms with Gasteiger partial charge in [-0.1, -0.05) is 29.5 Å². The number of nitrogens with one attached hydrogen (secondary N) is 1. The Morgan fingerprint density at radius 2 is 2.00 bits per heavy atom. The average Bonchev–Trinajstić information content (AvgIpc) is 3.01. The molecule has 1 N–H and O–H groups in total. The average molecular weight is 368 g/mol. The van der Waals surface area contributed by atoms with E-state index >= 15 is 0 Å². The minimum Gasteiger partial charge on any atom is -0.340 e. The molecule has 0 saturated carbocycles. The zero-order valence-electron chi connectivity index (χ0n) is 14.0. The van der Waals surface area contributed by atoms with Gasteiger partial charge in [0.25, 0.3) is 5.91 Å². The van der Waals surface area contributed by atoms with Crippen LogP contribution >= 0.6 is 11.6 Å². The SMILES string of the molecule is Cn1nc(-c2ccc(F)cc2)cc1C(=O)NCC#Cc1cccc(Cl)c1. The maximum atomic E-state index is 13.0. The van der Waals surface area contributed by atoms with Gasteiger partial charge < -0.3 is 5.32 Å². The van der Waals surface area contributed by atoms with Crippen molar-refractivity contribution < 1.29 is 9.18 Å². The van der Waals surface area contributed by atoms with Crippen LogP contribution in [-0.4, -0.2) is 22.2 Å². The maximum absolute atomic E-state index is 13.0. The summed E-state index contributed by atoms with van der Waals surface area (Å²) in [6, 6.07) is 14.8. The summed E-state index contributed by atoms with van der Waals surface area (Å²) in [5.41, 5.74) is 2.52. The Kier molecular flexibility index (Phi) is 5.35. The molecule has 0 spiro atoms. The lowest BCUT2D eigenvalue weighted by molar-refractivity contribution is 0.0949. The Bertz CT molecular complexity index is 1000. The van der Waals surface area contributed by atoms with E-state index in [0.717, 1.165) is 11.1 Å². The van der Waals surface area contributed by atoms with Gasteiger partial charge in [0.05, 0.1) is 12.2 Å². The molecule has 1 aromatic heterocycles. The third-order valence-electron chi connectivity index (χ3n) is 3.65.